The van der Waals surface area contributed by atoms with Crippen molar-refractivity contribution in [2.45, 2.75) is 51.0 Å². The van der Waals surface area contributed by atoms with E-state index in [1.54, 1.807) is 7.11 Å². The van der Waals surface area contributed by atoms with Gasteiger partial charge in [0.15, 0.2) is 0 Å². The lowest BCUT2D eigenvalue weighted by Crippen LogP contribution is -2.43. The Morgan fingerprint density at radius 2 is 1.50 bits per heavy atom. The molecule has 2 aromatic carbocycles. The summed E-state index contributed by atoms with van der Waals surface area (Å²) >= 11 is 3.43. The fourth-order valence-corrected chi connectivity index (χ4v) is 7.21. The summed E-state index contributed by atoms with van der Waals surface area (Å²) in [6, 6.07) is 20.2. The molecule has 8 heteroatoms. The number of methoxy groups -OCH3 is 1. The van der Waals surface area contributed by atoms with Crippen LogP contribution in [0, 0.1) is 11.8 Å². The Morgan fingerprint density at radius 3 is 2.12 bits per heavy atom. The van der Waals surface area contributed by atoms with E-state index in [1.807, 2.05) is 36.5 Å². The number of imide groups is 1. The van der Waals surface area contributed by atoms with E-state index in [0.29, 0.717) is 19.4 Å². The fourth-order valence-electron chi connectivity index (χ4n) is 6.98. The van der Waals surface area contributed by atoms with E-state index in [2.05, 4.69) is 61.0 Å². The highest BCUT2D eigenvalue weighted by Crippen LogP contribution is 2.37. The molecule has 0 spiro atoms. The largest absolute Gasteiger partial charge is 0.497 e. The molecule has 3 aromatic rings. The van der Waals surface area contributed by atoms with Crippen molar-refractivity contribution >= 4 is 39.1 Å². The lowest BCUT2D eigenvalue weighted by Gasteiger charge is -2.41. The molecule has 6 rings (SSSR count). The van der Waals surface area contributed by atoms with Crippen molar-refractivity contribution in [2.75, 3.05) is 43.1 Å². The summed E-state index contributed by atoms with van der Waals surface area (Å²) in [5.74, 6) is 1.84. The van der Waals surface area contributed by atoms with Crippen LogP contribution in [-0.4, -0.2) is 55.0 Å². The number of hydrogen-bond donors (Lipinski definition) is 0. The molecule has 3 fully saturated rings. The van der Waals surface area contributed by atoms with E-state index in [1.165, 1.54) is 42.0 Å². The Bertz CT molecular complexity index is 1380. The second kappa shape index (κ2) is 12.9. The molecular formula is C34H39BrN4O3. The van der Waals surface area contributed by atoms with Gasteiger partial charge in [-0.1, -0.05) is 24.3 Å². The molecule has 0 aliphatic carbocycles. The van der Waals surface area contributed by atoms with Crippen molar-refractivity contribution in [3.8, 4) is 5.75 Å². The highest BCUT2D eigenvalue weighted by atomic mass is 79.9. The smallest absolute Gasteiger partial charge is 0.237 e. The average molecular weight is 632 g/mol. The molecule has 220 valence electrons. The number of nitrogens with zero attached hydrogens (tertiary/aromatic N) is 4. The highest BCUT2D eigenvalue weighted by Gasteiger charge is 2.36. The second-order valence-corrected chi connectivity index (χ2v) is 12.7. The number of rotatable bonds is 7. The van der Waals surface area contributed by atoms with Crippen LogP contribution in [0.5, 0.6) is 5.75 Å². The lowest BCUT2D eigenvalue weighted by molar-refractivity contribution is -0.150. The van der Waals surface area contributed by atoms with E-state index < -0.39 is 0 Å². The third kappa shape index (κ3) is 6.33. The molecule has 0 radical (unpaired) electrons. The number of carbonyl (C=O) groups is 2. The summed E-state index contributed by atoms with van der Waals surface area (Å²) in [6.45, 7) is 4.59. The van der Waals surface area contributed by atoms with Crippen molar-refractivity contribution in [3.63, 3.8) is 0 Å². The first-order valence-electron chi connectivity index (χ1n) is 15.2. The first-order chi connectivity index (χ1) is 20.5. The molecule has 7 nitrogen and oxygen atoms in total. The van der Waals surface area contributed by atoms with Crippen LogP contribution in [0.1, 0.15) is 55.6 Å². The predicted octanol–water partition coefficient (Wildman–Crippen LogP) is 6.42. The van der Waals surface area contributed by atoms with E-state index in [9.17, 15) is 9.59 Å². The van der Waals surface area contributed by atoms with Crippen LogP contribution in [0.3, 0.4) is 0 Å². The molecule has 3 saturated heterocycles. The quantitative estimate of drug-likeness (QED) is 0.222. The van der Waals surface area contributed by atoms with Crippen LogP contribution < -0.4 is 14.5 Å². The van der Waals surface area contributed by atoms with Crippen LogP contribution in [-0.2, 0) is 16.1 Å². The molecule has 3 aliphatic rings. The second-order valence-electron chi connectivity index (χ2n) is 11.8. The maximum absolute atomic E-state index is 13.6. The maximum Gasteiger partial charge on any atom is 0.237 e. The summed E-state index contributed by atoms with van der Waals surface area (Å²) in [5.41, 5.74) is 4.35. The summed E-state index contributed by atoms with van der Waals surface area (Å²) < 4.78 is 6.12. The minimum Gasteiger partial charge on any atom is -0.497 e. The zero-order valence-corrected chi connectivity index (χ0v) is 25.8. The Kier molecular flexibility index (Phi) is 8.79. The van der Waals surface area contributed by atoms with E-state index >= 15 is 0 Å². The number of piperidine rings is 3. The summed E-state index contributed by atoms with van der Waals surface area (Å²) in [5, 5.41) is 0. The number of halogens is 1. The number of amides is 2. The third-order valence-corrected chi connectivity index (χ3v) is 9.94. The number of ether oxygens (including phenoxy) is 1. The number of aromatic nitrogens is 1. The zero-order valence-electron chi connectivity index (χ0n) is 24.3. The van der Waals surface area contributed by atoms with Crippen LogP contribution in [0.25, 0.3) is 0 Å². The molecule has 4 heterocycles. The summed E-state index contributed by atoms with van der Waals surface area (Å²) in [7, 11) is 1.63. The van der Waals surface area contributed by atoms with Gasteiger partial charge in [-0.15, -0.1) is 0 Å². The van der Waals surface area contributed by atoms with Gasteiger partial charge in [-0.25, -0.2) is 4.98 Å². The number of pyridine rings is 1. The Morgan fingerprint density at radius 1 is 0.833 bits per heavy atom. The van der Waals surface area contributed by atoms with Crippen molar-refractivity contribution in [3.05, 3.63) is 82.6 Å². The summed E-state index contributed by atoms with van der Waals surface area (Å²) in [4.78, 5) is 37.1. The average Bonchev–Trinajstić information content (AvgIpc) is 3.04. The van der Waals surface area contributed by atoms with E-state index in [-0.39, 0.29) is 17.7 Å². The number of benzene rings is 2. The molecule has 42 heavy (non-hydrogen) atoms. The SMILES string of the molecule is COc1ccc(CN2C(=O)CCC(c3cccc(N4CCC(C5CCN(c6ccc(Br)nc6)CC5)CC4)c3)C2=O)cc1. The summed E-state index contributed by atoms with van der Waals surface area (Å²) in [6.07, 6.45) is 7.82. The number of likely N-dealkylation sites (tertiary alicyclic amines) is 1. The lowest BCUT2D eigenvalue weighted by atomic mass is 9.78. The molecule has 1 aromatic heterocycles. The van der Waals surface area contributed by atoms with Crippen molar-refractivity contribution in [1.29, 1.82) is 0 Å². The Hall–Kier alpha value is -3.39. The van der Waals surface area contributed by atoms with Gasteiger partial charge < -0.3 is 14.5 Å². The number of hydrogen-bond acceptors (Lipinski definition) is 6. The molecule has 0 saturated carbocycles. The maximum atomic E-state index is 13.6. The number of carbonyl (C=O) groups excluding carboxylic acids is 2. The van der Waals surface area contributed by atoms with Crippen LogP contribution in [0.4, 0.5) is 11.4 Å². The molecular weight excluding hydrogens is 592 g/mol. The minimum atomic E-state index is -0.287. The predicted molar refractivity (Wildman–Crippen MR) is 169 cm³/mol. The molecule has 2 amide bonds. The topological polar surface area (TPSA) is 66.0 Å². The molecule has 0 N–H and O–H groups in total. The standard InChI is InChI=1S/C34H39BrN4O3/c1-42-30-8-5-24(6-9-30)23-39-33(40)12-10-31(34(39)41)27-3-2-4-28(21-27)37-17-13-25(14-18-37)26-15-19-38(20-16-26)29-7-11-32(35)36-22-29/h2-9,11,21-22,25-26,31H,10,12-20,23H2,1H3. The Labute approximate surface area is 257 Å². The van der Waals surface area contributed by atoms with Gasteiger partial charge in [0.25, 0.3) is 0 Å². The van der Waals surface area contributed by atoms with Crippen molar-refractivity contribution in [2.24, 2.45) is 11.8 Å². The first-order valence-corrected chi connectivity index (χ1v) is 16.0. The van der Waals surface area contributed by atoms with Crippen LogP contribution in [0.15, 0.2) is 71.5 Å². The van der Waals surface area contributed by atoms with Gasteiger partial charge in [0.05, 0.1) is 31.5 Å². The van der Waals surface area contributed by atoms with Gasteiger partial charge in [-0.05, 0) is 107 Å². The van der Waals surface area contributed by atoms with Crippen LogP contribution >= 0.6 is 15.9 Å². The molecule has 1 atom stereocenters. The Balaban J connectivity index is 1.05. The highest BCUT2D eigenvalue weighted by molar-refractivity contribution is 9.10. The van der Waals surface area contributed by atoms with Gasteiger partial charge >= 0.3 is 0 Å². The first kappa shape index (κ1) is 28.7. The fraction of sp³-hybridized carbons (Fsp3) is 0.441. The monoisotopic (exact) mass is 630 g/mol. The number of anilines is 2. The van der Waals surface area contributed by atoms with Crippen molar-refractivity contribution < 1.29 is 14.3 Å². The third-order valence-electron chi connectivity index (χ3n) is 9.47. The van der Waals surface area contributed by atoms with Gasteiger partial charge in [0.1, 0.15) is 10.4 Å². The molecule has 3 aliphatic heterocycles. The van der Waals surface area contributed by atoms with E-state index in [0.717, 1.165) is 59.5 Å². The van der Waals surface area contributed by atoms with E-state index in [4.69, 9.17) is 4.74 Å². The van der Waals surface area contributed by atoms with Gasteiger partial charge in [-0.3, -0.25) is 14.5 Å². The molecule has 0 bridgehead atoms. The normalized spacial score (nSPS) is 20.7. The minimum absolute atomic E-state index is 0.0929. The zero-order chi connectivity index (χ0) is 29.1. The van der Waals surface area contributed by atoms with Gasteiger partial charge in [0.2, 0.25) is 11.8 Å². The van der Waals surface area contributed by atoms with Crippen molar-refractivity contribution in [1.82, 2.24) is 9.88 Å². The van der Waals surface area contributed by atoms with Crippen LogP contribution in [0.2, 0.25) is 0 Å². The molecule has 1 unspecified atom stereocenters. The van der Waals surface area contributed by atoms with Gasteiger partial charge in [-0.2, -0.15) is 0 Å². The van der Waals surface area contributed by atoms with Gasteiger partial charge in [0, 0.05) is 38.3 Å².